The lowest BCUT2D eigenvalue weighted by molar-refractivity contribution is -0.385. The summed E-state index contributed by atoms with van der Waals surface area (Å²) in [6.07, 6.45) is 3.25. The van der Waals surface area contributed by atoms with E-state index in [0.29, 0.717) is 11.6 Å². The normalized spacial score (nSPS) is 10.3. The van der Waals surface area contributed by atoms with E-state index in [2.05, 4.69) is 25.7 Å². The number of nitro groups is 1. The van der Waals surface area contributed by atoms with Gasteiger partial charge in [-0.25, -0.2) is 4.98 Å². The number of hydrogen-bond acceptors (Lipinski definition) is 7. The van der Waals surface area contributed by atoms with Gasteiger partial charge in [0, 0.05) is 20.3 Å². The largest absolute Gasteiger partial charge is 0.357 e. The lowest BCUT2D eigenvalue weighted by Gasteiger charge is -2.07. The topological polar surface area (TPSA) is 111 Å². The van der Waals surface area contributed by atoms with Crippen molar-refractivity contribution in [2.24, 2.45) is 7.05 Å². The Balaban J connectivity index is 2.47. The van der Waals surface area contributed by atoms with Crippen LogP contribution in [0.1, 0.15) is 5.69 Å². The molecule has 0 aliphatic heterocycles. The number of aryl methyl sites for hydroxylation is 2. The summed E-state index contributed by atoms with van der Waals surface area (Å²) >= 11 is 0. The van der Waals surface area contributed by atoms with Gasteiger partial charge in [0.25, 0.3) is 0 Å². The van der Waals surface area contributed by atoms with Crippen molar-refractivity contribution in [2.75, 3.05) is 17.7 Å². The molecule has 0 atom stereocenters. The van der Waals surface area contributed by atoms with Crippen LogP contribution in [-0.4, -0.2) is 31.7 Å². The minimum atomic E-state index is -0.506. The summed E-state index contributed by atoms with van der Waals surface area (Å²) in [4.78, 5) is 18.6. The summed E-state index contributed by atoms with van der Waals surface area (Å²) < 4.78 is 1.58. The molecule has 2 heterocycles. The van der Waals surface area contributed by atoms with Crippen LogP contribution >= 0.6 is 0 Å². The van der Waals surface area contributed by atoms with Gasteiger partial charge in [-0.2, -0.15) is 10.1 Å². The molecule has 0 unspecified atom stereocenters. The van der Waals surface area contributed by atoms with E-state index in [-0.39, 0.29) is 17.2 Å². The predicted octanol–water partition coefficient (Wildman–Crippen LogP) is 1.21. The molecular formula is C10H13N7O2. The van der Waals surface area contributed by atoms with Crippen molar-refractivity contribution in [1.29, 1.82) is 0 Å². The van der Waals surface area contributed by atoms with Gasteiger partial charge in [0.05, 0.1) is 16.8 Å². The number of anilines is 3. The molecule has 0 fully saturated rings. The zero-order valence-electron chi connectivity index (χ0n) is 10.7. The Morgan fingerprint density at radius 1 is 1.42 bits per heavy atom. The van der Waals surface area contributed by atoms with Crippen molar-refractivity contribution in [1.82, 2.24) is 19.7 Å². The number of aromatic nitrogens is 4. The SMILES string of the molecule is CNc1nc(C)c([N+](=O)[O-])c(Nc2cnn(C)c2)n1. The zero-order valence-corrected chi connectivity index (χ0v) is 10.7. The third-order valence-corrected chi connectivity index (χ3v) is 2.43. The highest BCUT2D eigenvalue weighted by Gasteiger charge is 2.22. The fraction of sp³-hybridized carbons (Fsp3) is 0.300. The van der Waals surface area contributed by atoms with E-state index in [1.165, 1.54) is 0 Å². The molecule has 9 nitrogen and oxygen atoms in total. The molecule has 0 saturated carbocycles. The van der Waals surface area contributed by atoms with E-state index in [1.807, 2.05) is 0 Å². The summed E-state index contributed by atoms with van der Waals surface area (Å²) in [6, 6.07) is 0. The second-order valence-corrected chi connectivity index (χ2v) is 3.86. The lowest BCUT2D eigenvalue weighted by Crippen LogP contribution is -2.07. The number of nitrogens with one attached hydrogen (secondary N) is 2. The quantitative estimate of drug-likeness (QED) is 0.630. The second kappa shape index (κ2) is 4.88. The highest BCUT2D eigenvalue weighted by Crippen LogP contribution is 2.28. The fourth-order valence-electron chi connectivity index (χ4n) is 1.61. The van der Waals surface area contributed by atoms with E-state index in [9.17, 15) is 10.1 Å². The first-order valence-electron chi connectivity index (χ1n) is 5.47. The maximum atomic E-state index is 11.1. The Kier molecular flexibility index (Phi) is 3.27. The molecule has 9 heteroatoms. The molecule has 2 aromatic heterocycles. The Labute approximate surface area is 108 Å². The van der Waals surface area contributed by atoms with Crippen molar-refractivity contribution in [2.45, 2.75) is 6.92 Å². The summed E-state index contributed by atoms with van der Waals surface area (Å²) in [5, 5.41) is 20.7. The van der Waals surface area contributed by atoms with Crippen molar-refractivity contribution < 1.29 is 4.92 Å². The lowest BCUT2D eigenvalue weighted by atomic mass is 10.3. The van der Waals surface area contributed by atoms with E-state index in [4.69, 9.17) is 0 Å². The van der Waals surface area contributed by atoms with Crippen LogP contribution in [0.3, 0.4) is 0 Å². The number of nitrogens with zero attached hydrogens (tertiary/aromatic N) is 5. The van der Waals surface area contributed by atoms with Crippen LogP contribution in [0.5, 0.6) is 0 Å². The third kappa shape index (κ3) is 2.59. The predicted molar refractivity (Wildman–Crippen MR) is 69.5 cm³/mol. The van der Waals surface area contributed by atoms with Crippen molar-refractivity contribution in [3.63, 3.8) is 0 Å². The molecule has 0 aromatic carbocycles. The van der Waals surface area contributed by atoms with Gasteiger partial charge in [-0.15, -0.1) is 0 Å². The van der Waals surface area contributed by atoms with Gasteiger partial charge in [-0.3, -0.25) is 14.8 Å². The molecule has 2 aromatic rings. The highest BCUT2D eigenvalue weighted by atomic mass is 16.6. The van der Waals surface area contributed by atoms with Crippen LogP contribution in [0, 0.1) is 17.0 Å². The molecule has 0 aliphatic carbocycles. The smallest absolute Gasteiger partial charge is 0.332 e. The van der Waals surface area contributed by atoms with Gasteiger partial charge in [-0.05, 0) is 6.92 Å². The molecule has 19 heavy (non-hydrogen) atoms. The summed E-state index contributed by atoms with van der Waals surface area (Å²) in [5.74, 6) is 0.448. The summed E-state index contributed by atoms with van der Waals surface area (Å²) in [7, 11) is 3.40. The number of hydrogen-bond donors (Lipinski definition) is 2. The van der Waals surface area contributed by atoms with Gasteiger partial charge in [0.15, 0.2) is 0 Å². The van der Waals surface area contributed by atoms with Crippen LogP contribution in [0.2, 0.25) is 0 Å². The van der Waals surface area contributed by atoms with Gasteiger partial charge < -0.3 is 10.6 Å². The molecule has 0 amide bonds. The molecule has 0 saturated heterocycles. The van der Waals surface area contributed by atoms with E-state index >= 15 is 0 Å². The molecule has 100 valence electrons. The van der Waals surface area contributed by atoms with Crippen LogP contribution in [0.4, 0.5) is 23.1 Å². The van der Waals surface area contributed by atoms with Crippen LogP contribution in [0.25, 0.3) is 0 Å². The van der Waals surface area contributed by atoms with Gasteiger partial charge >= 0.3 is 5.69 Å². The average molecular weight is 263 g/mol. The molecule has 0 aliphatic rings. The second-order valence-electron chi connectivity index (χ2n) is 3.86. The molecule has 0 radical (unpaired) electrons. The Morgan fingerprint density at radius 3 is 2.68 bits per heavy atom. The van der Waals surface area contributed by atoms with Gasteiger partial charge in [0.2, 0.25) is 11.8 Å². The Hall–Kier alpha value is -2.71. The number of rotatable bonds is 4. The van der Waals surface area contributed by atoms with Crippen LogP contribution in [-0.2, 0) is 7.05 Å². The van der Waals surface area contributed by atoms with Crippen molar-refractivity contribution >= 4 is 23.1 Å². The third-order valence-electron chi connectivity index (χ3n) is 2.43. The molecule has 2 N–H and O–H groups in total. The summed E-state index contributed by atoms with van der Waals surface area (Å²) in [5.41, 5.74) is 0.754. The zero-order chi connectivity index (χ0) is 14.0. The first-order valence-corrected chi connectivity index (χ1v) is 5.47. The van der Waals surface area contributed by atoms with Gasteiger partial charge in [0.1, 0.15) is 5.69 Å². The van der Waals surface area contributed by atoms with Gasteiger partial charge in [-0.1, -0.05) is 0 Å². The monoisotopic (exact) mass is 263 g/mol. The van der Waals surface area contributed by atoms with Crippen molar-refractivity contribution in [3.05, 3.63) is 28.2 Å². The standard InChI is InChI=1S/C10H13N7O2/c1-6-8(17(18)19)9(15-10(11-2)13-6)14-7-4-12-16(3)5-7/h4-5H,1-3H3,(H2,11,13,14,15). The molecular weight excluding hydrogens is 250 g/mol. The Morgan fingerprint density at radius 2 is 2.16 bits per heavy atom. The highest BCUT2D eigenvalue weighted by molar-refractivity contribution is 5.67. The fourth-order valence-corrected chi connectivity index (χ4v) is 1.61. The van der Waals surface area contributed by atoms with E-state index < -0.39 is 4.92 Å². The average Bonchev–Trinajstić information content (AvgIpc) is 2.73. The molecule has 2 rings (SSSR count). The van der Waals surface area contributed by atoms with Crippen LogP contribution < -0.4 is 10.6 Å². The Bertz CT molecular complexity index is 622. The van der Waals surface area contributed by atoms with Crippen LogP contribution in [0.15, 0.2) is 12.4 Å². The minimum absolute atomic E-state index is 0.134. The first kappa shape index (κ1) is 12.7. The maximum Gasteiger partial charge on any atom is 0.332 e. The maximum absolute atomic E-state index is 11.1. The van der Waals surface area contributed by atoms with E-state index in [1.54, 1.807) is 38.1 Å². The minimum Gasteiger partial charge on any atom is -0.357 e. The first-order chi connectivity index (χ1) is 9.01. The molecule has 0 spiro atoms. The van der Waals surface area contributed by atoms with E-state index in [0.717, 1.165) is 0 Å². The molecule has 0 bridgehead atoms. The van der Waals surface area contributed by atoms with Crippen molar-refractivity contribution in [3.8, 4) is 0 Å². The summed E-state index contributed by atoms with van der Waals surface area (Å²) in [6.45, 7) is 1.56.